The molecule has 0 saturated carbocycles. The molecule has 0 aliphatic carbocycles. The molecule has 0 aliphatic heterocycles. The Morgan fingerprint density at radius 1 is 1.47 bits per heavy atom. The second-order valence-corrected chi connectivity index (χ2v) is 5.73. The lowest BCUT2D eigenvalue weighted by atomic mass is 10.3. The lowest BCUT2D eigenvalue weighted by molar-refractivity contribution is 0.0696. The molecule has 0 spiro atoms. The number of nitrogens with zero attached hydrogens (tertiary/aromatic N) is 1. The van der Waals surface area contributed by atoms with Gasteiger partial charge in [0.2, 0.25) is 0 Å². The first-order valence-electron chi connectivity index (χ1n) is 4.29. The summed E-state index contributed by atoms with van der Waals surface area (Å²) in [6.07, 6.45) is 1.18. The van der Waals surface area contributed by atoms with Gasteiger partial charge in [-0.3, -0.25) is 0 Å². The molecule has 1 aromatic rings. The van der Waals surface area contributed by atoms with Crippen LogP contribution in [0.3, 0.4) is 0 Å². The Labute approximate surface area is 87.7 Å². The van der Waals surface area contributed by atoms with Gasteiger partial charge in [-0.15, -0.1) is 0 Å². The van der Waals surface area contributed by atoms with E-state index in [1.807, 2.05) is 0 Å². The fourth-order valence-electron chi connectivity index (χ4n) is 0.940. The van der Waals surface area contributed by atoms with Gasteiger partial charge in [-0.05, 0) is 26.0 Å². The van der Waals surface area contributed by atoms with Crippen LogP contribution in [0.2, 0.25) is 0 Å². The third-order valence-corrected chi connectivity index (χ3v) is 3.94. The number of carbonyl (C=O) groups is 1. The van der Waals surface area contributed by atoms with Crippen LogP contribution in [-0.2, 0) is 9.84 Å². The Bertz CT molecular complexity index is 479. The van der Waals surface area contributed by atoms with Crippen LogP contribution < -0.4 is 0 Å². The molecule has 6 heteroatoms. The molecule has 0 saturated heterocycles. The average Bonchev–Trinajstić information content (AvgIpc) is 2.17. The highest BCUT2D eigenvalue weighted by Gasteiger charge is 2.21. The predicted octanol–water partition coefficient (Wildman–Crippen LogP) is 0.962. The fraction of sp³-hybridized carbons (Fsp3) is 0.333. The molecule has 0 radical (unpaired) electrons. The molecule has 0 fully saturated rings. The topological polar surface area (TPSA) is 84.3 Å². The third-order valence-electron chi connectivity index (χ3n) is 1.89. The molecular formula is C9H11NO4S. The van der Waals surface area contributed by atoms with Crippen LogP contribution in [0.5, 0.6) is 0 Å². The zero-order valence-corrected chi connectivity index (χ0v) is 9.15. The van der Waals surface area contributed by atoms with Crippen LogP contribution in [0, 0.1) is 0 Å². The summed E-state index contributed by atoms with van der Waals surface area (Å²) >= 11 is 0. The lowest BCUT2D eigenvalue weighted by Gasteiger charge is -2.06. The molecule has 0 aromatic carbocycles. The summed E-state index contributed by atoms with van der Waals surface area (Å²) in [6, 6.07) is 2.32. The van der Waals surface area contributed by atoms with Gasteiger partial charge < -0.3 is 5.11 Å². The van der Waals surface area contributed by atoms with Crippen molar-refractivity contribution in [2.24, 2.45) is 0 Å². The first-order chi connectivity index (χ1) is 6.85. The number of carboxylic acids is 1. The average molecular weight is 229 g/mol. The van der Waals surface area contributed by atoms with Crippen LogP contribution in [0.25, 0.3) is 0 Å². The van der Waals surface area contributed by atoms with Crippen molar-refractivity contribution >= 4 is 15.8 Å². The Hall–Kier alpha value is -1.43. The number of carboxylic acid groups (broad SMARTS) is 1. The Morgan fingerprint density at radius 3 is 2.53 bits per heavy atom. The maximum Gasteiger partial charge on any atom is 0.335 e. The highest BCUT2D eigenvalue weighted by atomic mass is 32.2. The molecule has 0 amide bonds. The van der Waals surface area contributed by atoms with E-state index in [0.717, 1.165) is 6.07 Å². The standard InChI is InChI=1S/C9H11NO4S/c1-6(2)15(13,14)8-5-7(9(11)12)3-4-10-8/h3-6H,1-2H3,(H,11,12). The fourth-order valence-corrected chi connectivity index (χ4v) is 1.92. The largest absolute Gasteiger partial charge is 0.478 e. The molecule has 1 aromatic heterocycles. The van der Waals surface area contributed by atoms with Gasteiger partial charge >= 0.3 is 5.97 Å². The molecular weight excluding hydrogens is 218 g/mol. The highest BCUT2D eigenvalue weighted by molar-refractivity contribution is 7.91. The smallest absolute Gasteiger partial charge is 0.335 e. The summed E-state index contributed by atoms with van der Waals surface area (Å²) in [7, 11) is -3.51. The van der Waals surface area contributed by atoms with E-state index in [-0.39, 0.29) is 10.6 Å². The summed E-state index contributed by atoms with van der Waals surface area (Å²) in [5.74, 6) is -1.17. The molecule has 82 valence electrons. The zero-order valence-electron chi connectivity index (χ0n) is 8.34. The van der Waals surface area contributed by atoms with Crippen LogP contribution in [0.4, 0.5) is 0 Å². The van der Waals surface area contributed by atoms with Gasteiger partial charge in [-0.1, -0.05) is 0 Å². The van der Waals surface area contributed by atoms with E-state index in [0.29, 0.717) is 0 Å². The maximum absolute atomic E-state index is 11.7. The van der Waals surface area contributed by atoms with E-state index in [2.05, 4.69) is 4.98 Å². The Kier molecular flexibility index (Phi) is 3.09. The molecule has 1 N–H and O–H groups in total. The number of hydrogen-bond acceptors (Lipinski definition) is 4. The zero-order chi connectivity index (χ0) is 11.6. The SMILES string of the molecule is CC(C)S(=O)(=O)c1cc(C(=O)O)ccn1. The van der Waals surface area contributed by atoms with Gasteiger partial charge in [-0.2, -0.15) is 0 Å². The van der Waals surface area contributed by atoms with Gasteiger partial charge in [0.25, 0.3) is 0 Å². The van der Waals surface area contributed by atoms with Crippen molar-refractivity contribution in [1.29, 1.82) is 0 Å². The molecule has 0 unspecified atom stereocenters. The Balaban J connectivity index is 3.29. The molecule has 0 atom stereocenters. The van der Waals surface area contributed by atoms with Crippen LogP contribution in [0.1, 0.15) is 24.2 Å². The number of aromatic carboxylic acids is 1. The highest BCUT2D eigenvalue weighted by Crippen LogP contribution is 2.14. The quantitative estimate of drug-likeness (QED) is 0.834. The number of rotatable bonds is 3. The van der Waals surface area contributed by atoms with Gasteiger partial charge in [0.15, 0.2) is 14.9 Å². The van der Waals surface area contributed by atoms with E-state index in [1.165, 1.54) is 26.1 Å². The second-order valence-electron chi connectivity index (χ2n) is 3.28. The predicted molar refractivity (Wildman–Crippen MR) is 53.5 cm³/mol. The minimum absolute atomic E-state index is 0.0794. The maximum atomic E-state index is 11.7. The van der Waals surface area contributed by atoms with E-state index < -0.39 is 21.1 Å². The number of aromatic nitrogens is 1. The van der Waals surface area contributed by atoms with Crippen LogP contribution in [0.15, 0.2) is 23.4 Å². The van der Waals surface area contributed by atoms with Crippen molar-refractivity contribution < 1.29 is 18.3 Å². The van der Waals surface area contributed by atoms with Crippen molar-refractivity contribution in [3.63, 3.8) is 0 Å². The van der Waals surface area contributed by atoms with Crippen molar-refractivity contribution in [3.05, 3.63) is 23.9 Å². The summed E-state index contributed by atoms with van der Waals surface area (Å²) in [5, 5.41) is 7.88. The van der Waals surface area contributed by atoms with E-state index >= 15 is 0 Å². The number of hydrogen-bond donors (Lipinski definition) is 1. The molecule has 1 heterocycles. The van der Waals surface area contributed by atoms with Crippen molar-refractivity contribution in [3.8, 4) is 0 Å². The number of sulfone groups is 1. The van der Waals surface area contributed by atoms with Crippen LogP contribution >= 0.6 is 0 Å². The number of pyridine rings is 1. The third kappa shape index (κ3) is 2.33. The van der Waals surface area contributed by atoms with Gasteiger partial charge in [0, 0.05) is 6.20 Å². The van der Waals surface area contributed by atoms with E-state index in [4.69, 9.17) is 5.11 Å². The first-order valence-corrected chi connectivity index (χ1v) is 5.83. The molecule has 0 bridgehead atoms. The summed E-state index contributed by atoms with van der Waals surface area (Å²) in [6.45, 7) is 3.04. The van der Waals surface area contributed by atoms with E-state index in [9.17, 15) is 13.2 Å². The summed E-state index contributed by atoms with van der Waals surface area (Å²) in [4.78, 5) is 14.3. The molecule has 1 rings (SSSR count). The lowest BCUT2D eigenvalue weighted by Crippen LogP contribution is -2.16. The molecule has 0 aliphatic rings. The summed E-state index contributed by atoms with van der Waals surface area (Å²) in [5.41, 5.74) is -0.0794. The van der Waals surface area contributed by atoms with Crippen molar-refractivity contribution in [2.75, 3.05) is 0 Å². The first kappa shape index (κ1) is 11.6. The van der Waals surface area contributed by atoms with Crippen LogP contribution in [-0.4, -0.2) is 29.7 Å². The van der Waals surface area contributed by atoms with Gasteiger partial charge in [0.1, 0.15) is 0 Å². The summed E-state index contributed by atoms with van der Waals surface area (Å²) < 4.78 is 23.3. The van der Waals surface area contributed by atoms with Gasteiger partial charge in [-0.25, -0.2) is 18.2 Å². The van der Waals surface area contributed by atoms with Crippen molar-refractivity contribution in [2.45, 2.75) is 24.1 Å². The Morgan fingerprint density at radius 2 is 2.07 bits per heavy atom. The minimum Gasteiger partial charge on any atom is -0.478 e. The van der Waals surface area contributed by atoms with Gasteiger partial charge in [0.05, 0.1) is 10.8 Å². The minimum atomic E-state index is -3.51. The second kappa shape index (κ2) is 3.98. The monoisotopic (exact) mass is 229 g/mol. The van der Waals surface area contributed by atoms with E-state index in [1.54, 1.807) is 0 Å². The molecule has 15 heavy (non-hydrogen) atoms. The van der Waals surface area contributed by atoms with Crippen molar-refractivity contribution in [1.82, 2.24) is 4.98 Å². The normalized spacial score (nSPS) is 11.7. The molecule has 5 nitrogen and oxygen atoms in total.